The SMILES string of the molecule is CN(C)Cc1ccc(-c2cccc(-c3ccc4ccccc4n3)c2)cc1. The van der Waals surface area contributed by atoms with Gasteiger partial charge in [0.15, 0.2) is 0 Å². The van der Waals surface area contributed by atoms with Gasteiger partial charge in [0.1, 0.15) is 0 Å². The smallest absolute Gasteiger partial charge is 0.0709 e. The van der Waals surface area contributed by atoms with Crippen LogP contribution in [0.1, 0.15) is 5.56 Å². The summed E-state index contributed by atoms with van der Waals surface area (Å²) >= 11 is 0. The Bertz CT molecular complexity index is 1030. The van der Waals surface area contributed by atoms with E-state index in [0.717, 1.165) is 23.3 Å². The molecule has 0 aliphatic heterocycles. The van der Waals surface area contributed by atoms with Gasteiger partial charge in [-0.15, -0.1) is 0 Å². The maximum atomic E-state index is 4.82. The van der Waals surface area contributed by atoms with Crippen LogP contribution in [0.15, 0.2) is 84.9 Å². The Morgan fingerprint density at radius 2 is 1.46 bits per heavy atom. The number of fused-ring (bicyclic) bond motifs is 1. The normalized spacial score (nSPS) is 11.2. The quantitative estimate of drug-likeness (QED) is 0.479. The summed E-state index contributed by atoms with van der Waals surface area (Å²) in [6, 6.07) is 29.9. The molecule has 4 rings (SSSR count). The largest absolute Gasteiger partial charge is 0.305 e. The fourth-order valence-electron chi connectivity index (χ4n) is 3.25. The van der Waals surface area contributed by atoms with E-state index >= 15 is 0 Å². The van der Waals surface area contributed by atoms with E-state index < -0.39 is 0 Å². The van der Waals surface area contributed by atoms with E-state index in [-0.39, 0.29) is 0 Å². The predicted molar refractivity (Wildman–Crippen MR) is 110 cm³/mol. The van der Waals surface area contributed by atoms with E-state index in [0.29, 0.717) is 0 Å². The van der Waals surface area contributed by atoms with Gasteiger partial charge in [0.05, 0.1) is 11.2 Å². The number of nitrogens with zero attached hydrogens (tertiary/aromatic N) is 2. The van der Waals surface area contributed by atoms with Gasteiger partial charge >= 0.3 is 0 Å². The van der Waals surface area contributed by atoms with E-state index in [1.165, 1.54) is 22.1 Å². The minimum atomic E-state index is 0.960. The van der Waals surface area contributed by atoms with Crippen LogP contribution in [0.5, 0.6) is 0 Å². The molecule has 128 valence electrons. The lowest BCUT2D eigenvalue weighted by Crippen LogP contribution is -2.10. The van der Waals surface area contributed by atoms with Crippen LogP contribution in [0.2, 0.25) is 0 Å². The number of aromatic nitrogens is 1. The first kappa shape index (κ1) is 16.5. The highest BCUT2D eigenvalue weighted by molar-refractivity contribution is 5.82. The Morgan fingerprint density at radius 3 is 2.27 bits per heavy atom. The number of benzene rings is 3. The number of pyridine rings is 1. The topological polar surface area (TPSA) is 16.1 Å². The monoisotopic (exact) mass is 338 g/mol. The fourth-order valence-corrected chi connectivity index (χ4v) is 3.25. The van der Waals surface area contributed by atoms with E-state index in [9.17, 15) is 0 Å². The lowest BCUT2D eigenvalue weighted by Gasteiger charge is -2.11. The van der Waals surface area contributed by atoms with Crippen molar-refractivity contribution in [3.63, 3.8) is 0 Å². The van der Waals surface area contributed by atoms with Gasteiger partial charge in [-0.3, -0.25) is 0 Å². The molecule has 0 unspecified atom stereocenters. The molecular weight excluding hydrogens is 316 g/mol. The zero-order valence-electron chi connectivity index (χ0n) is 15.2. The summed E-state index contributed by atoms with van der Waals surface area (Å²) < 4.78 is 0. The predicted octanol–water partition coefficient (Wildman–Crippen LogP) is 5.63. The number of para-hydroxylation sites is 1. The summed E-state index contributed by atoms with van der Waals surface area (Å²) in [6.45, 7) is 0.960. The molecule has 0 N–H and O–H groups in total. The maximum Gasteiger partial charge on any atom is 0.0709 e. The van der Waals surface area contributed by atoms with Gasteiger partial charge in [-0.05, 0) is 49.0 Å². The highest BCUT2D eigenvalue weighted by Crippen LogP contribution is 2.27. The van der Waals surface area contributed by atoms with E-state index in [4.69, 9.17) is 4.98 Å². The second kappa shape index (κ2) is 7.11. The molecule has 0 aliphatic rings. The molecule has 2 heteroatoms. The Balaban J connectivity index is 1.67. The van der Waals surface area contributed by atoms with Crippen molar-refractivity contribution in [3.05, 3.63) is 90.5 Å². The van der Waals surface area contributed by atoms with Gasteiger partial charge in [-0.25, -0.2) is 4.98 Å². The molecule has 4 aromatic rings. The molecule has 0 radical (unpaired) electrons. The molecule has 0 amide bonds. The molecule has 0 saturated carbocycles. The molecule has 0 fully saturated rings. The van der Waals surface area contributed by atoms with Crippen molar-refractivity contribution in [3.8, 4) is 22.4 Å². The summed E-state index contributed by atoms with van der Waals surface area (Å²) in [5.41, 5.74) is 6.96. The molecule has 1 aromatic heterocycles. The summed E-state index contributed by atoms with van der Waals surface area (Å²) in [5.74, 6) is 0. The second-order valence-corrected chi connectivity index (χ2v) is 6.90. The van der Waals surface area contributed by atoms with Crippen molar-refractivity contribution in [1.82, 2.24) is 9.88 Å². The van der Waals surface area contributed by atoms with Crippen molar-refractivity contribution >= 4 is 10.9 Å². The van der Waals surface area contributed by atoms with Crippen LogP contribution in [0.3, 0.4) is 0 Å². The zero-order valence-corrected chi connectivity index (χ0v) is 15.2. The van der Waals surface area contributed by atoms with Gasteiger partial charge in [0.2, 0.25) is 0 Å². The Kier molecular flexibility index (Phi) is 4.51. The van der Waals surface area contributed by atoms with Crippen molar-refractivity contribution in [1.29, 1.82) is 0 Å². The first-order valence-corrected chi connectivity index (χ1v) is 8.89. The van der Waals surface area contributed by atoms with Crippen LogP contribution >= 0.6 is 0 Å². The second-order valence-electron chi connectivity index (χ2n) is 6.90. The summed E-state index contributed by atoms with van der Waals surface area (Å²) in [4.78, 5) is 7.00. The third kappa shape index (κ3) is 3.51. The number of hydrogen-bond acceptors (Lipinski definition) is 2. The molecule has 26 heavy (non-hydrogen) atoms. The first-order valence-electron chi connectivity index (χ1n) is 8.89. The summed E-state index contributed by atoms with van der Waals surface area (Å²) in [7, 11) is 4.18. The summed E-state index contributed by atoms with van der Waals surface area (Å²) in [6.07, 6.45) is 0. The standard InChI is InChI=1S/C24H22N2/c1-26(2)17-18-10-12-19(13-11-18)21-7-5-8-22(16-21)24-15-14-20-6-3-4-9-23(20)25-24/h3-16H,17H2,1-2H3. The fraction of sp³-hybridized carbons (Fsp3) is 0.125. The van der Waals surface area contributed by atoms with Gasteiger partial charge < -0.3 is 4.90 Å². The number of hydrogen-bond donors (Lipinski definition) is 0. The molecule has 0 bridgehead atoms. The van der Waals surface area contributed by atoms with Gasteiger partial charge in [0, 0.05) is 17.5 Å². The van der Waals surface area contributed by atoms with Crippen molar-refractivity contribution in [2.45, 2.75) is 6.54 Å². The lowest BCUT2D eigenvalue weighted by atomic mass is 10.00. The molecule has 0 aliphatic carbocycles. The van der Waals surface area contributed by atoms with Crippen LogP contribution in [-0.2, 0) is 6.54 Å². The Hall–Kier alpha value is -2.97. The molecule has 2 nitrogen and oxygen atoms in total. The van der Waals surface area contributed by atoms with Crippen LogP contribution in [0.4, 0.5) is 0 Å². The van der Waals surface area contributed by atoms with Crippen molar-refractivity contribution in [2.24, 2.45) is 0 Å². The minimum Gasteiger partial charge on any atom is -0.305 e. The van der Waals surface area contributed by atoms with E-state index in [1.807, 2.05) is 12.1 Å². The van der Waals surface area contributed by atoms with Gasteiger partial charge in [-0.1, -0.05) is 66.7 Å². The molecular formula is C24H22N2. The van der Waals surface area contributed by atoms with E-state index in [1.54, 1.807) is 0 Å². The van der Waals surface area contributed by atoms with Crippen molar-refractivity contribution < 1.29 is 0 Å². The molecule has 1 heterocycles. The average Bonchev–Trinajstić information content (AvgIpc) is 2.68. The maximum absolute atomic E-state index is 4.82. The third-order valence-electron chi connectivity index (χ3n) is 4.54. The van der Waals surface area contributed by atoms with Crippen LogP contribution < -0.4 is 0 Å². The van der Waals surface area contributed by atoms with E-state index in [2.05, 4.69) is 91.8 Å². The van der Waals surface area contributed by atoms with Gasteiger partial charge in [0.25, 0.3) is 0 Å². The minimum absolute atomic E-state index is 0.960. The Morgan fingerprint density at radius 1 is 0.692 bits per heavy atom. The lowest BCUT2D eigenvalue weighted by molar-refractivity contribution is 0.402. The van der Waals surface area contributed by atoms with Crippen LogP contribution in [0, 0.1) is 0 Å². The third-order valence-corrected chi connectivity index (χ3v) is 4.54. The Labute approximate surface area is 154 Å². The first-order chi connectivity index (χ1) is 12.7. The highest BCUT2D eigenvalue weighted by atomic mass is 15.0. The van der Waals surface area contributed by atoms with Crippen LogP contribution in [0.25, 0.3) is 33.3 Å². The van der Waals surface area contributed by atoms with Crippen LogP contribution in [-0.4, -0.2) is 24.0 Å². The summed E-state index contributed by atoms with van der Waals surface area (Å²) in [5, 5.41) is 1.17. The average molecular weight is 338 g/mol. The highest BCUT2D eigenvalue weighted by Gasteiger charge is 2.05. The molecule has 0 atom stereocenters. The zero-order chi connectivity index (χ0) is 17.9. The molecule has 3 aromatic carbocycles. The molecule has 0 spiro atoms. The van der Waals surface area contributed by atoms with Crippen molar-refractivity contribution in [2.75, 3.05) is 14.1 Å². The number of rotatable bonds is 4. The van der Waals surface area contributed by atoms with Gasteiger partial charge in [-0.2, -0.15) is 0 Å². The molecule has 0 saturated heterocycles.